The van der Waals surface area contributed by atoms with Crippen molar-refractivity contribution < 1.29 is 9.53 Å². The van der Waals surface area contributed by atoms with Crippen molar-refractivity contribution in [3.63, 3.8) is 0 Å². The molecule has 1 aromatic carbocycles. The first-order valence-corrected chi connectivity index (χ1v) is 10.9. The molecule has 0 heterocycles. The van der Waals surface area contributed by atoms with E-state index in [1.165, 1.54) is 44.1 Å². The number of hydrogen-bond acceptors (Lipinski definition) is 2. The molecule has 2 heteroatoms. The van der Waals surface area contributed by atoms with Crippen LogP contribution in [0.2, 0.25) is 0 Å². The standard InChI is InChI=1S/C24H40O2/c1-5-8-11-13-20-24(4,19-10-7-3)23(25)26-22-17-15-21(16-18-22)14-12-9-6-2/h15-18H,5-14,19-20H2,1-4H3. The van der Waals surface area contributed by atoms with Gasteiger partial charge in [-0.3, -0.25) is 4.79 Å². The fourth-order valence-corrected chi connectivity index (χ4v) is 3.37. The van der Waals surface area contributed by atoms with Crippen LogP contribution in [0.1, 0.15) is 104 Å². The monoisotopic (exact) mass is 360 g/mol. The van der Waals surface area contributed by atoms with E-state index in [0.717, 1.165) is 38.5 Å². The normalized spacial score (nSPS) is 13.4. The molecule has 0 fully saturated rings. The summed E-state index contributed by atoms with van der Waals surface area (Å²) in [6.45, 7) is 8.72. The molecule has 0 N–H and O–H groups in total. The van der Waals surface area contributed by atoms with E-state index in [0.29, 0.717) is 5.75 Å². The highest BCUT2D eigenvalue weighted by atomic mass is 16.5. The molecule has 148 valence electrons. The minimum atomic E-state index is -0.358. The topological polar surface area (TPSA) is 26.3 Å². The van der Waals surface area contributed by atoms with Crippen LogP contribution < -0.4 is 4.74 Å². The van der Waals surface area contributed by atoms with Crippen LogP contribution in [0.3, 0.4) is 0 Å². The fourth-order valence-electron chi connectivity index (χ4n) is 3.37. The number of hydrogen-bond donors (Lipinski definition) is 0. The van der Waals surface area contributed by atoms with Crippen LogP contribution >= 0.6 is 0 Å². The van der Waals surface area contributed by atoms with Gasteiger partial charge < -0.3 is 4.74 Å². The van der Waals surface area contributed by atoms with Crippen molar-refractivity contribution in [1.29, 1.82) is 0 Å². The van der Waals surface area contributed by atoms with Gasteiger partial charge in [0.1, 0.15) is 5.75 Å². The number of rotatable bonds is 14. The molecule has 0 aliphatic heterocycles. The van der Waals surface area contributed by atoms with Crippen LogP contribution in [0.15, 0.2) is 24.3 Å². The van der Waals surface area contributed by atoms with Gasteiger partial charge in [-0.25, -0.2) is 0 Å². The number of carbonyl (C=O) groups excluding carboxylic acids is 1. The van der Waals surface area contributed by atoms with Gasteiger partial charge in [-0.2, -0.15) is 0 Å². The molecule has 2 nitrogen and oxygen atoms in total. The summed E-state index contributed by atoms with van der Waals surface area (Å²) in [7, 11) is 0. The highest BCUT2D eigenvalue weighted by molar-refractivity contribution is 5.78. The predicted molar refractivity (Wildman–Crippen MR) is 112 cm³/mol. The Kier molecular flexibility index (Phi) is 11.3. The molecule has 1 rings (SSSR count). The first-order chi connectivity index (χ1) is 12.6. The highest BCUT2D eigenvalue weighted by Gasteiger charge is 2.34. The second kappa shape index (κ2) is 12.9. The van der Waals surface area contributed by atoms with Gasteiger partial charge in [0.25, 0.3) is 0 Å². The van der Waals surface area contributed by atoms with Crippen molar-refractivity contribution in [2.24, 2.45) is 5.41 Å². The SMILES string of the molecule is CCCCCCC(C)(CCCC)C(=O)Oc1ccc(CCCCC)cc1. The molecule has 0 saturated carbocycles. The minimum Gasteiger partial charge on any atom is -0.426 e. The van der Waals surface area contributed by atoms with E-state index in [1.54, 1.807) is 0 Å². The maximum absolute atomic E-state index is 12.9. The van der Waals surface area contributed by atoms with E-state index in [1.807, 2.05) is 12.1 Å². The van der Waals surface area contributed by atoms with Crippen LogP contribution in [-0.2, 0) is 11.2 Å². The Bertz CT molecular complexity index is 491. The van der Waals surface area contributed by atoms with Crippen LogP contribution in [0, 0.1) is 5.41 Å². The Hall–Kier alpha value is -1.31. The van der Waals surface area contributed by atoms with Gasteiger partial charge in [0.15, 0.2) is 0 Å². The van der Waals surface area contributed by atoms with Crippen molar-refractivity contribution in [3.05, 3.63) is 29.8 Å². The summed E-state index contributed by atoms with van der Waals surface area (Å²) in [4.78, 5) is 12.9. The maximum Gasteiger partial charge on any atom is 0.317 e. The molecule has 0 saturated heterocycles. The lowest BCUT2D eigenvalue weighted by molar-refractivity contribution is -0.146. The summed E-state index contributed by atoms with van der Waals surface area (Å²) in [5.41, 5.74) is 0.968. The van der Waals surface area contributed by atoms with Crippen molar-refractivity contribution >= 4 is 5.97 Å². The minimum absolute atomic E-state index is 0.0545. The predicted octanol–water partition coefficient (Wildman–Crippen LogP) is 7.49. The Balaban J connectivity index is 2.63. The molecule has 1 atom stereocenters. The molecule has 0 aliphatic rings. The molecule has 1 unspecified atom stereocenters. The summed E-state index contributed by atoms with van der Waals surface area (Å²) in [5.74, 6) is 0.631. The molecule has 0 bridgehead atoms. The highest BCUT2D eigenvalue weighted by Crippen LogP contribution is 2.33. The van der Waals surface area contributed by atoms with Crippen molar-refractivity contribution in [2.45, 2.75) is 105 Å². The third-order valence-electron chi connectivity index (χ3n) is 5.36. The lowest BCUT2D eigenvalue weighted by atomic mass is 9.80. The number of ether oxygens (including phenoxy) is 1. The van der Waals surface area contributed by atoms with Crippen molar-refractivity contribution in [1.82, 2.24) is 0 Å². The van der Waals surface area contributed by atoms with Crippen LogP contribution in [-0.4, -0.2) is 5.97 Å². The van der Waals surface area contributed by atoms with Gasteiger partial charge >= 0.3 is 5.97 Å². The number of esters is 1. The Morgan fingerprint density at radius 1 is 0.808 bits per heavy atom. The Morgan fingerprint density at radius 2 is 1.38 bits per heavy atom. The average molecular weight is 361 g/mol. The largest absolute Gasteiger partial charge is 0.426 e. The molecular weight excluding hydrogens is 320 g/mol. The van der Waals surface area contributed by atoms with Gasteiger partial charge in [-0.15, -0.1) is 0 Å². The lowest BCUT2D eigenvalue weighted by Crippen LogP contribution is -2.32. The van der Waals surface area contributed by atoms with E-state index in [2.05, 4.69) is 39.8 Å². The van der Waals surface area contributed by atoms with Gasteiger partial charge in [0, 0.05) is 0 Å². The van der Waals surface area contributed by atoms with Gasteiger partial charge in [-0.1, -0.05) is 84.3 Å². The zero-order valence-corrected chi connectivity index (χ0v) is 17.6. The van der Waals surface area contributed by atoms with Gasteiger partial charge in [-0.05, 0) is 50.3 Å². The van der Waals surface area contributed by atoms with Crippen molar-refractivity contribution in [3.8, 4) is 5.75 Å². The summed E-state index contributed by atoms with van der Waals surface area (Å²) in [5, 5.41) is 0. The van der Waals surface area contributed by atoms with Gasteiger partial charge in [0.05, 0.1) is 5.41 Å². The van der Waals surface area contributed by atoms with E-state index in [9.17, 15) is 4.79 Å². The maximum atomic E-state index is 12.9. The van der Waals surface area contributed by atoms with E-state index in [-0.39, 0.29) is 11.4 Å². The number of aryl methyl sites for hydroxylation is 1. The summed E-state index contributed by atoms with van der Waals surface area (Å²) >= 11 is 0. The van der Waals surface area contributed by atoms with E-state index >= 15 is 0 Å². The molecule has 0 spiro atoms. The number of unbranched alkanes of at least 4 members (excludes halogenated alkanes) is 6. The molecule has 1 aromatic rings. The van der Waals surface area contributed by atoms with Gasteiger partial charge in [0.2, 0.25) is 0 Å². The Labute approximate surface area is 161 Å². The third kappa shape index (κ3) is 8.38. The summed E-state index contributed by atoms with van der Waals surface area (Å²) in [6, 6.07) is 8.11. The van der Waals surface area contributed by atoms with Crippen LogP contribution in [0.4, 0.5) is 0 Å². The molecular formula is C24H40O2. The fraction of sp³-hybridized carbons (Fsp3) is 0.708. The number of benzene rings is 1. The molecule has 0 amide bonds. The lowest BCUT2D eigenvalue weighted by Gasteiger charge is -2.27. The van der Waals surface area contributed by atoms with Crippen LogP contribution in [0.5, 0.6) is 5.75 Å². The molecule has 26 heavy (non-hydrogen) atoms. The average Bonchev–Trinajstić information content (AvgIpc) is 2.65. The van der Waals surface area contributed by atoms with Crippen LogP contribution in [0.25, 0.3) is 0 Å². The summed E-state index contributed by atoms with van der Waals surface area (Å²) in [6.07, 6.45) is 13.7. The zero-order chi connectivity index (χ0) is 19.3. The first kappa shape index (κ1) is 22.7. The van der Waals surface area contributed by atoms with E-state index < -0.39 is 0 Å². The summed E-state index contributed by atoms with van der Waals surface area (Å²) < 4.78 is 5.78. The second-order valence-electron chi connectivity index (χ2n) is 7.97. The quantitative estimate of drug-likeness (QED) is 0.195. The first-order valence-electron chi connectivity index (χ1n) is 10.9. The zero-order valence-electron chi connectivity index (χ0n) is 17.6. The second-order valence-corrected chi connectivity index (χ2v) is 7.97. The molecule has 0 aliphatic carbocycles. The van der Waals surface area contributed by atoms with E-state index in [4.69, 9.17) is 4.74 Å². The number of carbonyl (C=O) groups is 1. The van der Waals surface area contributed by atoms with Crippen molar-refractivity contribution in [2.75, 3.05) is 0 Å². The smallest absolute Gasteiger partial charge is 0.317 e. The molecule has 0 aromatic heterocycles. The Morgan fingerprint density at radius 3 is 2.00 bits per heavy atom. The molecule has 0 radical (unpaired) electrons. The third-order valence-corrected chi connectivity index (χ3v) is 5.36.